The zero-order valence-corrected chi connectivity index (χ0v) is 18.7. The molecule has 1 aliphatic heterocycles. The molecule has 11 heteroatoms. The summed E-state index contributed by atoms with van der Waals surface area (Å²) in [7, 11) is 0. The highest BCUT2D eigenvalue weighted by Gasteiger charge is 2.21. The van der Waals surface area contributed by atoms with Crippen molar-refractivity contribution >= 4 is 40.5 Å². The number of hydrogen-bond acceptors (Lipinski definition) is 9. The van der Waals surface area contributed by atoms with Gasteiger partial charge in [-0.3, -0.25) is 0 Å². The number of nitriles is 1. The third-order valence-corrected chi connectivity index (χ3v) is 5.85. The van der Waals surface area contributed by atoms with E-state index in [1.807, 2.05) is 19.1 Å². The molecule has 0 unspecified atom stereocenters. The summed E-state index contributed by atoms with van der Waals surface area (Å²) in [6.07, 6.45) is 8.49. The minimum atomic E-state index is 0.228. The van der Waals surface area contributed by atoms with Gasteiger partial charge in [-0.2, -0.15) is 15.3 Å². The van der Waals surface area contributed by atoms with Crippen molar-refractivity contribution in [1.29, 1.82) is 5.26 Å². The van der Waals surface area contributed by atoms with E-state index in [1.54, 1.807) is 35.4 Å². The standard InChI is InChI=1S/C22H21ClN10/c1-14-10-25-20-8-17(12-28-33(14)20)30-22-27-13-18(23)21(31-22)29-16-4-6-32(7-5-16)19-3-2-15(9-24)11-26-19/h2-3,8,10-13,16H,4-7H2,1H3,(H2,27,29,30,31). The van der Waals surface area contributed by atoms with Crippen LogP contribution in [-0.2, 0) is 0 Å². The fourth-order valence-electron chi connectivity index (χ4n) is 3.81. The van der Waals surface area contributed by atoms with Gasteiger partial charge < -0.3 is 15.5 Å². The molecule has 4 aromatic heterocycles. The molecule has 0 atom stereocenters. The lowest BCUT2D eigenvalue weighted by Gasteiger charge is -2.33. The lowest BCUT2D eigenvalue weighted by atomic mass is 10.0. The summed E-state index contributed by atoms with van der Waals surface area (Å²) in [4.78, 5) is 19.8. The highest BCUT2D eigenvalue weighted by Crippen LogP contribution is 2.25. The Morgan fingerprint density at radius 1 is 1.09 bits per heavy atom. The lowest BCUT2D eigenvalue weighted by Crippen LogP contribution is -2.39. The minimum absolute atomic E-state index is 0.228. The van der Waals surface area contributed by atoms with Crippen molar-refractivity contribution in [3.05, 3.63) is 59.3 Å². The molecule has 10 nitrogen and oxygen atoms in total. The predicted octanol–water partition coefficient (Wildman–Crippen LogP) is 3.57. The van der Waals surface area contributed by atoms with Gasteiger partial charge in [0, 0.05) is 31.4 Å². The molecule has 0 spiro atoms. The van der Waals surface area contributed by atoms with Crippen LogP contribution in [0.4, 0.5) is 23.3 Å². The zero-order valence-electron chi connectivity index (χ0n) is 17.9. The van der Waals surface area contributed by atoms with Crippen LogP contribution in [0, 0.1) is 18.3 Å². The van der Waals surface area contributed by atoms with Crippen LogP contribution < -0.4 is 15.5 Å². The first-order chi connectivity index (χ1) is 16.1. The van der Waals surface area contributed by atoms with E-state index >= 15 is 0 Å². The van der Waals surface area contributed by atoms with Crippen LogP contribution in [0.25, 0.3) is 5.65 Å². The van der Waals surface area contributed by atoms with Crippen molar-refractivity contribution in [2.75, 3.05) is 28.6 Å². The quantitative estimate of drug-likeness (QED) is 0.460. The van der Waals surface area contributed by atoms with E-state index in [2.05, 4.69) is 46.6 Å². The van der Waals surface area contributed by atoms with Gasteiger partial charge in [0.25, 0.3) is 0 Å². The summed E-state index contributed by atoms with van der Waals surface area (Å²) in [6.45, 7) is 3.64. The summed E-state index contributed by atoms with van der Waals surface area (Å²) in [5.74, 6) is 1.91. The molecular weight excluding hydrogens is 440 g/mol. The maximum absolute atomic E-state index is 8.94. The van der Waals surface area contributed by atoms with E-state index in [4.69, 9.17) is 16.9 Å². The maximum atomic E-state index is 8.94. The van der Waals surface area contributed by atoms with Crippen LogP contribution in [0.15, 0.2) is 43.0 Å². The molecule has 0 aliphatic carbocycles. The number of imidazole rings is 1. The number of piperidine rings is 1. The van der Waals surface area contributed by atoms with Crippen LogP contribution in [0.5, 0.6) is 0 Å². The number of nitrogens with one attached hydrogen (secondary N) is 2. The van der Waals surface area contributed by atoms with Gasteiger partial charge >= 0.3 is 0 Å². The second-order valence-electron chi connectivity index (χ2n) is 7.85. The Labute approximate surface area is 195 Å². The third-order valence-electron chi connectivity index (χ3n) is 5.57. The van der Waals surface area contributed by atoms with Crippen molar-refractivity contribution < 1.29 is 0 Å². The maximum Gasteiger partial charge on any atom is 0.229 e. The number of halogens is 1. The third kappa shape index (κ3) is 4.49. The van der Waals surface area contributed by atoms with Gasteiger partial charge in [0.1, 0.15) is 16.9 Å². The Kier molecular flexibility index (Phi) is 5.62. The Morgan fingerprint density at radius 2 is 1.94 bits per heavy atom. The van der Waals surface area contributed by atoms with Crippen LogP contribution in [0.1, 0.15) is 24.1 Å². The molecule has 0 radical (unpaired) electrons. The van der Waals surface area contributed by atoms with Crippen molar-refractivity contribution in [2.24, 2.45) is 0 Å². The van der Waals surface area contributed by atoms with Crippen molar-refractivity contribution in [2.45, 2.75) is 25.8 Å². The van der Waals surface area contributed by atoms with Gasteiger partial charge in [-0.15, -0.1) is 0 Å². The van der Waals surface area contributed by atoms with Gasteiger partial charge in [0.15, 0.2) is 11.5 Å². The first-order valence-electron chi connectivity index (χ1n) is 10.6. The molecule has 0 bridgehead atoms. The number of aromatic nitrogens is 6. The molecule has 1 saturated heterocycles. The molecule has 5 rings (SSSR count). The first-order valence-corrected chi connectivity index (χ1v) is 10.9. The largest absolute Gasteiger partial charge is 0.366 e. The van der Waals surface area contributed by atoms with Crippen LogP contribution >= 0.6 is 11.6 Å². The molecule has 4 aromatic rings. The highest BCUT2D eigenvalue weighted by atomic mass is 35.5. The molecule has 166 valence electrons. The zero-order chi connectivity index (χ0) is 22.8. The average Bonchev–Trinajstić information content (AvgIpc) is 3.22. The van der Waals surface area contributed by atoms with Crippen LogP contribution in [-0.4, -0.2) is 48.7 Å². The van der Waals surface area contributed by atoms with Crippen molar-refractivity contribution in [3.63, 3.8) is 0 Å². The SMILES string of the molecule is Cc1cnc2cc(Nc3ncc(Cl)c(NC4CCN(c5ccc(C#N)cn5)CC4)n3)cnn12. The lowest BCUT2D eigenvalue weighted by molar-refractivity contribution is 0.522. The molecular formula is C22H21ClN10. The first kappa shape index (κ1) is 20.9. The van der Waals surface area contributed by atoms with E-state index in [-0.39, 0.29) is 6.04 Å². The molecule has 2 N–H and O–H groups in total. The highest BCUT2D eigenvalue weighted by molar-refractivity contribution is 6.32. The van der Waals surface area contributed by atoms with Gasteiger partial charge in [-0.25, -0.2) is 19.5 Å². The molecule has 0 amide bonds. The fraction of sp³-hybridized carbons (Fsp3) is 0.273. The number of aryl methyl sites for hydroxylation is 1. The summed E-state index contributed by atoms with van der Waals surface area (Å²) < 4.78 is 1.76. The topological polar surface area (TPSA) is 120 Å². The summed E-state index contributed by atoms with van der Waals surface area (Å²) in [5.41, 5.74) is 3.01. The number of nitrogens with zero attached hydrogens (tertiary/aromatic N) is 8. The fourth-order valence-corrected chi connectivity index (χ4v) is 3.95. The Hall–Kier alpha value is -3.97. The predicted molar refractivity (Wildman–Crippen MR) is 126 cm³/mol. The number of hydrogen-bond donors (Lipinski definition) is 2. The molecule has 0 aromatic carbocycles. The second-order valence-corrected chi connectivity index (χ2v) is 8.26. The van der Waals surface area contributed by atoms with Gasteiger partial charge in [-0.05, 0) is 31.9 Å². The molecule has 1 fully saturated rings. The van der Waals surface area contributed by atoms with E-state index in [0.29, 0.717) is 22.4 Å². The second kappa shape index (κ2) is 8.88. The Morgan fingerprint density at radius 3 is 2.70 bits per heavy atom. The van der Waals surface area contributed by atoms with E-state index in [1.165, 1.54) is 0 Å². The molecule has 5 heterocycles. The number of pyridine rings is 1. The summed E-state index contributed by atoms with van der Waals surface area (Å²) in [6, 6.07) is 7.90. The molecule has 1 aliphatic rings. The minimum Gasteiger partial charge on any atom is -0.366 e. The van der Waals surface area contributed by atoms with Crippen molar-refractivity contribution in [1.82, 2.24) is 29.5 Å². The van der Waals surface area contributed by atoms with Gasteiger partial charge in [0.2, 0.25) is 5.95 Å². The van der Waals surface area contributed by atoms with Crippen molar-refractivity contribution in [3.8, 4) is 6.07 Å². The number of fused-ring (bicyclic) bond motifs is 1. The molecule has 33 heavy (non-hydrogen) atoms. The number of rotatable bonds is 5. The average molecular weight is 461 g/mol. The van der Waals surface area contributed by atoms with Gasteiger partial charge in [0.05, 0.1) is 35.5 Å². The number of anilines is 4. The summed E-state index contributed by atoms with van der Waals surface area (Å²) in [5, 5.41) is 20.4. The Balaban J connectivity index is 1.23. The molecule has 0 saturated carbocycles. The van der Waals surface area contributed by atoms with Gasteiger partial charge in [-0.1, -0.05) is 11.6 Å². The van der Waals surface area contributed by atoms with Crippen LogP contribution in [0.3, 0.4) is 0 Å². The van der Waals surface area contributed by atoms with E-state index in [9.17, 15) is 0 Å². The summed E-state index contributed by atoms with van der Waals surface area (Å²) >= 11 is 6.36. The normalized spacial score (nSPS) is 14.3. The monoisotopic (exact) mass is 460 g/mol. The van der Waals surface area contributed by atoms with Crippen LogP contribution in [0.2, 0.25) is 5.02 Å². The van der Waals surface area contributed by atoms with E-state index in [0.717, 1.165) is 48.8 Å². The smallest absolute Gasteiger partial charge is 0.229 e. The Bertz CT molecular complexity index is 1320. The van der Waals surface area contributed by atoms with E-state index < -0.39 is 0 Å².